The SMILES string of the molecule is CCCCC#Cc1cc(F)c(F)cc1C(C)=O. The van der Waals surface area contributed by atoms with Crippen LogP contribution >= 0.6 is 0 Å². The molecule has 0 aliphatic carbocycles. The van der Waals surface area contributed by atoms with Gasteiger partial charge in [0.15, 0.2) is 17.4 Å². The van der Waals surface area contributed by atoms with Crippen molar-refractivity contribution in [1.82, 2.24) is 0 Å². The zero-order chi connectivity index (χ0) is 12.8. The van der Waals surface area contributed by atoms with Crippen LogP contribution in [0.3, 0.4) is 0 Å². The molecule has 0 bridgehead atoms. The third-order valence-electron chi connectivity index (χ3n) is 2.32. The van der Waals surface area contributed by atoms with Gasteiger partial charge in [-0.2, -0.15) is 0 Å². The lowest BCUT2D eigenvalue weighted by Crippen LogP contribution is -2.00. The number of hydrogen-bond acceptors (Lipinski definition) is 1. The van der Waals surface area contributed by atoms with E-state index in [1.807, 2.05) is 6.92 Å². The Balaban J connectivity index is 3.07. The number of carbonyl (C=O) groups is 1. The Morgan fingerprint density at radius 2 is 1.94 bits per heavy atom. The van der Waals surface area contributed by atoms with Gasteiger partial charge in [0.05, 0.1) is 0 Å². The van der Waals surface area contributed by atoms with Crippen LogP contribution in [0.2, 0.25) is 0 Å². The predicted octanol–water partition coefficient (Wildman–Crippen LogP) is 3.71. The number of rotatable bonds is 3. The maximum atomic E-state index is 13.0. The second-order valence-corrected chi connectivity index (χ2v) is 3.77. The summed E-state index contributed by atoms with van der Waals surface area (Å²) in [5.41, 5.74) is 0.389. The molecule has 1 rings (SSSR count). The van der Waals surface area contributed by atoms with Crippen molar-refractivity contribution in [2.24, 2.45) is 0 Å². The summed E-state index contributed by atoms with van der Waals surface area (Å²) in [7, 11) is 0. The first kappa shape index (κ1) is 13.4. The molecule has 0 heterocycles. The molecule has 3 heteroatoms. The molecule has 0 aliphatic rings. The minimum Gasteiger partial charge on any atom is -0.294 e. The maximum absolute atomic E-state index is 13.0. The van der Waals surface area contributed by atoms with E-state index < -0.39 is 11.6 Å². The van der Waals surface area contributed by atoms with Gasteiger partial charge in [-0.15, -0.1) is 0 Å². The van der Waals surface area contributed by atoms with Gasteiger partial charge >= 0.3 is 0 Å². The number of benzene rings is 1. The second kappa shape index (κ2) is 6.15. The molecule has 0 aliphatic heterocycles. The van der Waals surface area contributed by atoms with Crippen molar-refractivity contribution in [3.8, 4) is 11.8 Å². The van der Waals surface area contributed by atoms with Crippen molar-refractivity contribution in [3.63, 3.8) is 0 Å². The fraction of sp³-hybridized carbons (Fsp3) is 0.357. The van der Waals surface area contributed by atoms with E-state index in [1.54, 1.807) is 0 Å². The fourth-order valence-electron chi connectivity index (χ4n) is 1.36. The first-order valence-corrected chi connectivity index (χ1v) is 5.55. The number of ketones is 1. The van der Waals surface area contributed by atoms with Crippen LogP contribution in [-0.4, -0.2) is 5.78 Å². The van der Waals surface area contributed by atoms with Gasteiger partial charge in [-0.3, -0.25) is 4.79 Å². The lowest BCUT2D eigenvalue weighted by atomic mass is 10.0. The largest absolute Gasteiger partial charge is 0.294 e. The van der Waals surface area contributed by atoms with Crippen LogP contribution in [0.25, 0.3) is 0 Å². The summed E-state index contributed by atoms with van der Waals surface area (Å²) in [4.78, 5) is 11.3. The molecule has 1 aromatic carbocycles. The molecule has 0 fully saturated rings. The van der Waals surface area contributed by atoms with Crippen molar-refractivity contribution in [3.05, 3.63) is 34.9 Å². The molecule has 0 N–H and O–H groups in total. The molecule has 1 aromatic rings. The highest BCUT2D eigenvalue weighted by molar-refractivity contribution is 5.96. The maximum Gasteiger partial charge on any atom is 0.161 e. The van der Waals surface area contributed by atoms with E-state index >= 15 is 0 Å². The van der Waals surface area contributed by atoms with Crippen LogP contribution in [-0.2, 0) is 0 Å². The van der Waals surface area contributed by atoms with Crippen LogP contribution in [0.4, 0.5) is 8.78 Å². The summed E-state index contributed by atoms with van der Waals surface area (Å²) in [6.45, 7) is 3.35. The van der Waals surface area contributed by atoms with Crippen molar-refractivity contribution in [2.45, 2.75) is 33.1 Å². The Labute approximate surface area is 99.8 Å². The van der Waals surface area contributed by atoms with Gasteiger partial charge in [0.1, 0.15) is 0 Å². The van der Waals surface area contributed by atoms with Crippen molar-refractivity contribution >= 4 is 5.78 Å². The van der Waals surface area contributed by atoms with Gasteiger partial charge in [0, 0.05) is 17.5 Å². The summed E-state index contributed by atoms with van der Waals surface area (Å²) in [6, 6.07) is 1.88. The minimum atomic E-state index is -1.02. The van der Waals surface area contributed by atoms with Crippen molar-refractivity contribution in [2.75, 3.05) is 0 Å². The van der Waals surface area contributed by atoms with Crippen LogP contribution in [0.5, 0.6) is 0 Å². The molecular weight excluding hydrogens is 222 g/mol. The smallest absolute Gasteiger partial charge is 0.161 e. The topological polar surface area (TPSA) is 17.1 Å². The van der Waals surface area contributed by atoms with E-state index in [2.05, 4.69) is 11.8 Å². The Bertz CT molecular complexity index is 481. The normalized spacial score (nSPS) is 9.65. The third kappa shape index (κ3) is 3.67. The van der Waals surface area contributed by atoms with Gasteiger partial charge < -0.3 is 0 Å². The summed E-state index contributed by atoms with van der Waals surface area (Å²) >= 11 is 0. The second-order valence-electron chi connectivity index (χ2n) is 3.77. The van der Waals surface area contributed by atoms with Crippen LogP contribution in [0.1, 0.15) is 49.0 Å². The molecule has 0 radical (unpaired) electrons. The lowest BCUT2D eigenvalue weighted by Gasteiger charge is -2.01. The number of hydrogen-bond donors (Lipinski definition) is 0. The monoisotopic (exact) mass is 236 g/mol. The van der Waals surface area contributed by atoms with Gasteiger partial charge in [0.2, 0.25) is 0 Å². The Kier molecular flexibility index (Phi) is 4.84. The van der Waals surface area contributed by atoms with Gasteiger partial charge in [-0.1, -0.05) is 25.2 Å². The number of carbonyl (C=O) groups excluding carboxylic acids is 1. The zero-order valence-corrected chi connectivity index (χ0v) is 9.94. The van der Waals surface area contributed by atoms with E-state index in [-0.39, 0.29) is 16.9 Å². The number of unbranched alkanes of at least 4 members (excludes halogenated alkanes) is 2. The van der Waals surface area contributed by atoms with Gasteiger partial charge in [0.25, 0.3) is 0 Å². The van der Waals surface area contributed by atoms with E-state index in [4.69, 9.17) is 0 Å². The molecule has 0 spiro atoms. The first-order valence-electron chi connectivity index (χ1n) is 5.55. The molecule has 0 atom stereocenters. The molecule has 1 nitrogen and oxygen atoms in total. The minimum absolute atomic E-state index is 0.132. The lowest BCUT2D eigenvalue weighted by molar-refractivity contribution is 0.101. The predicted molar refractivity (Wildman–Crippen MR) is 62.8 cm³/mol. The zero-order valence-electron chi connectivity index (χ0n) is 9.94. The summed E-state index contributed by atoms with van der Waals surface area (Å²) in [5, 5.41) is 0. The summed E-state index contributed by atoms with van der Waals surface area (Å²) in [5.74, 6) is 3.26. The highest BCUT2D eigenvalue weighted by Gasteiger charge is 2.11. The number of halogens is 2. The molecule has 17 heavy (non-hydrogen) atoms. The van der Waals surface area contributed by atoms with E-state index in [0.29, 0.717) is 6.42 Å². The van der Waals surface area contributed by atoms with Gasteiger partial charge in [-0.05, 0) is 25.5 Å². The standard InChI is InChI=1S/C14H14F2O/c1-3-4-5-6-7-11-8-13(15)14(16)9-12(11)10(2)17/h8-9H,3-5H2,1-2H3. The molecule has 0 saturated carbocycles. The Hall–Kier alpha value is -1.69. The number of Topliss-reactive ketones (excluding diaryl/α,β-unsaturated/α-hetero) is 1. The summed E-state index contributed by atoms with van der Waals surface area (Å²) in [6.07, 6.45) is 2.66. The molecule has 0 unspecified atom stereocenters. The Morgan fingerprint density at radius 1 is 1.29 bits per heavy atom. The average molecular weight is 236 g/mol. The highest BCUT2D eigenvalue weighted by atomic mass is 19.2. The average Bonchev–Trinajstić information content (AvgIpc) is 2.28. The van der Waals surface area contributed by atoms with Crippen molar-refractivity contribution < 1.29 is 13.6 Å². The van der Waals surface area contributed by atoms with Crippen LogP contribution < -0.4 is 0 Å². The molecule has 0 saturated heterocycles. The van der Waals surface area contributed by atoms with Gasteiger partial charge in [-0.25, -0.2) is 8.78 Å². The first-order chi connectivity index (χ1) is 8.06. The molecule has 0 aromatic heterocycles. The van der Waals surface area contributed by atoms with Crippen LogP contribution in [0.15, 0.2) is 12.1 Å². The molecule has 0 amide bonds. The highest BCUT2D eigenvalue weighted by Crippen LogP contribution is 2.15. The quantitative estimate of drug-likeness (QED) is 0.444. The van der Waals surface area contributed by atoms with Crippen molar-refractivity contribution in [1.29, 1.82) is 0 Å². The summed E-state index contributed by atoms with van der Waals surface area (Å²) < 4.78 is 26.0. The van der Waals surface area contributed by atoms with E-state index in [9.17, 15) is 13.6 Å². The third-order valence-corrected chi connectivity index (χ3v) is 2.32. The molecule has 90 valence electrons. The van der Waals surface area contributed by atoms with E-state index in [1.165, 1.54) is 6.92 Å². The molecular formula is C14H14F2O. The van der Waals surface area contributed by atoms with E-state index in [0.717, 1.165) is 25.0 Å². The Morgan fingerprint density at radius 3 is 2.53 bits per heavy atom. The van der Waals surface area contributed by atoms with Crippen LogP contribution in [0, 0.1) is 23.5 Å². The fourth-order valence-corrected chi connectivity index (χ4v) is 1.36.